The Balaban J connectivity index is 1.66. The summed E-state index contributed by atoms with van der Waals surface area (Å²) in [6.45, 7) is 11.3. The summed E-state index contributed by atoms with van der Waals surface area (Å²) in [6.07, 6.45) is 1.14. The smallest absolute Gasteiger partial charge is 0.109 e. The summed E-state index contributed by atoms with van der Waals surface area (Å²) in [5, 5.41) is 0. The highest BCUT2D eigenvalue weighted by atomic mass is 32.1. The molecule has 2 aromatic rings. The van der Waals surface area contributed by atoms with Crippen LogP contribution in [0.3, 0.4) is 0 Å². The lowest BCUT2D eigenvalue weighted by molar-refractivity contribution is 0.0693. The molecule has 0 aliphatic carbocycles. The fourth-order valence-corrected chi connectivity index (χ4v) is 4.95. The molecule has 0 saturated carbocycles. The van der Waals surface area contributed by atoms with Crippen molar-refractivity contribution in [2.24, 2.45) is 0 Å². The second-order valence-corrected chi connectivity index (χ2v) is 9.05. The van der Waals surface area contributed by atoms with E-state index in [0.717, 1.165) is 44.3 Å². The van der Waals surface area contributed by atoms with Crippen LogP contribution in [-0.2, 0) is 11.3 Å². The number of hydrogen-bond acceptors (Lipinski definition) is 3. The molecule has 1 atom stereocenters. The van der Waals surface area contributed by atoms with Crippen molar-refractivity contribution in [1.82, 2.24) is 4.90 Å². The zero-order chi connectivity index (χ0) is 19.7. The van der Waals surface area contributed by atoms with Crippen LogP contribution < -0.4 is 4.90 Å². The number of morpholine rings is 1. The topological polar surface area (TPSA) is 15.7 Å². The summed E-state index contributed by atoms with van der Waals surface area (Å²) in [5.41, 5.74) is 5.41. The number of hydrogen-bond donors (Lipinski definition) is 0. The van der Waals surface area contributed by atoms with Crippen LogP contribution in [0.15, 0.2) is 48.5 Å². The maximum Gasteiger partial charge on any atom is 0.109 e. The Hall–Kier alpha value is -1.91. The van der Waals surface area contributed by atoms with Gasteiger partial charge in [0, 0.05) is 36.4 Å². The van der Waals surface area contributed by atoms with E-state index in [0.29, 0.717) is 5.92 Å². The minimum absolute atomic E-state index is 0.120. The molecule has 4 rings (SSSR count). The van der Waals surface area contributed by atoms with Crippen LogP contribution in [0.5, 0.6) is 0 Å². The molecule has 1 unspecified atom stereocenters. The second kappa shape index (κ2) is 7.84. The van der Waals surface area contributed by atoms with Crippen molar-refractivity contribution in [3.63, 3.8) is 0 Å². The van der Waals surface area contributed by atoms with Crippen LogP contribution >= 0.6 is 12.2 Å². The Kier molecular flexibility index (Phi) is 5.44. The average Bonchev–Trinajstić information content (AvgIpc) is 2.71. The van der Waals surface area contributed by atoms with Crippen molar-refractivity contribution in [1.29, 1.82) is 0 Å². The number of fused-ring (bicyclic) bond motifs is 1. The van der Waals surface area contributed by atoms with Crippen molar-refractivity contribution in [3.05, 3.63) is 65.2 Å². The first-order chi connectivity index (χ1) is 13.5. The Morgan fingerprint density at radius 2 is 1.82 bits per heavy atom. The Bertz CT molecular complexity index is 843. The van der Waals surface area contributed by atoms with Gasteiger partial charge in [-0.15, -0.1) is 0 Å². The van der Waals surface area contributed by atoms with Gasteiger partial charge in [0.15, 0.2) is 0 Å². The summed E-state index contributed by atoms with van der Waals surface area (Å²) in [6, 6.07) is 17.6. The number of ether oxygens (including phenoxy) is 1. The number of rotatable bonds is 3. The number of anilines is 1. The van der Waals surface area contributed by atoms with Crippen LogP contribution in [0.1, 0.15) is 49.8 Å². The summed E-state index contributed by atoms with van der Waals surface area (Å²) in [7, 11) is 0. The van der Waals surface area contributed by atoms with Gasteiger partial charge in [-0.25, -0.2) is 0 Å². The molecule has 0 aromatic heterocycles. The molecule has 1 saturated heterocycles. The second-order valence-electron chi connectivity index (χ2n) is 8.67. The number of nitrogens with zero attached hydrogens (tertiary/aromatic N) is 2. The zero-order valence-electron chi connectivity index (χ0n) is 17.1. The highest BCUT2D eigenvalue weighted by Crippen LogP contribution is 2.44. The van der Waals surface area contributed by atoms with E-state index < -0.39 is 0 Å². The van der Waals surface area contributed by atoms with Gasteiger partial charge in [0.25, 0.3) is 0 Å². The first-order valence-corrected chi connectivity index (χ1v) is 10.7. The number of benzene rings is 2. The van der Waals surface area contributed by atoms with Crippen LogP contribution in [0.25, 0.3) is 0 Å². The van der Waals surface area contributed by atoms with Crippen molar-refractivity contribution >= 4 is 22.9 Å². The first kappa shape index (κ1) is 19.4. The fraction of sp³-hybridized carbons (Fsp3) is 0.458. The van der Waals surface area contributed by atoms with E-state index in [1.165, 1.54) is 22.4 Å². The molecular weight excluding hydrogens is 364 g/mol. The molecule has 28 heavy (non-hydrogen) atoms. The third-order valence-corrected chi connectivity index (χ3v) is 6.61. The maximum atomic E-state index is 5.82. The van der Waals surface area contributed by atoms with Gasteiger partial charge >= 0.3 is 0 Å². The van der Waals surface area contributed by atoms with E-state index in [2.05, 4.69) is 79.1 Å². The van der Waals surface area contributed by atoms with Gasteiger partial charge < -0.3 is 14.5 Å². The molecule has 4 heteroatoms. The molecular formula is C24H30N2OS. The lowest BCUT2D eigenvalue weighted by atomic mass is 9.79. The molecule has 0 amide bonds. The van der Waals surface area contributed by atoms with Crippen LogP contribution in [0.4, 0.5) is 5.69 Å². The van der Waals surface area contributed by atoms with E-state index in [4.69, 9.17) is 17.0 Å². The van der Waals surface area contributed by atoms with Gasteiger partial charge in [0.1, 0.15) is 4.99 Å². The molecule has 2 aliphatic rings. The Labute approximate surface area is 174 Å². The summed E-state index contributed by atoms with van der Waals surface area (Å²) >= 11 is 5.82. The Morgan fingerprint density at radius 3 is 2.54 bits per heavy atom. The van der Waals surface area contributed by atoms with Crippen LogP contribution in [0, 0.1) is 0 Å². The maximum absolute atomic E-state index is 5.82. The highest BCUT2D eigenvalue weighted by Gasteiger charge is 2.36. The third-order valence-electron chi connectivity index (χ3n) is 6.11. The van der Waals surface area contributed by atoms with E-state index >= 15 is 0 Å². The van der Waals surface area contributed by atoms with E-state index in [-0.39, 0.29) is 5.54 Å². The van der Waals surface area contributed by atoms with E-state index in [1.807, 2.05) is 0 Å². The lowest BCUT2D eigenvalue weighted by Crippen LogP contribution is -2.48. The number of thiocarbonyl (C=S) groups is 1. The minimum Gasteiger partial charge on any atom is -0.378 e. The van der Waals surface area contributed by atoms with Crippen molar-refractivity contribution in [3.8, 4) is 0 Å². The predicted molar refractivity (Wildman–Crippen MR) is 120 cm³/mol. The Morgan fingerprint density at radius 1 is 1.11 bits per heavy atom. The average molecular weight is 395 g/mol. The van der Waals surface area contributed by atoms with Gasteiger partial charge in [0.05, 0.1) is 13.2 Å². The van der Waals surface area contributed by atoms with Gasteiger partial charge in [-0.1, -0.05) is 49.5 Å². The van der Waals surface area contributed by atoms with Crippen LogP contribution in [0.2, 0.25) is 0 Å². The van der Waals surface area contributed by atoms with Crippen molar-refractivity contribution in [2.75, 3.05) is 31.2 Å². The molecule has 2 aromatic carbocycles. The predicted octanol–water partition coefficient (Wildman–Crippen LogP) is 4.99. The molecule has 0 N–H and O–H groups in total. The van der Waals surface area contributed by atoms with Gasteiger partial charge in [-0.3, -0.25) is 0 Å². The fourth-order valence-electron chi connectivity index (χ4n) is 4.64. The van der Waals surface area contributed by atoms with Crippen molar-refractivity contribution < 1.29 is 4.74 Å². The van der Waals surface area contributed by atoms with E-state index in [1.54, 1.807) is 0 Å². The largest absolute Gasteiger partial charge is 0.378 e. The van der Waals surface area contributed by atoms with Gasteiger partial charge in [-0.05, 0) is 55.5 Å². The third kappa shape index (κ3) is 3.81. The highest BCUT2D eigenvalue weighted by molar-refractivity contribution is 7.80. The molecule has 148 valence electrons. The molecule has 2 aliphatic heterocycles. The molecule has 2 heterocycles. The lowest BCUT2D eigenvalue weighted by Gasteiger charge is -2.48. The quantitative estimate of drug-likeness (QED) is 0.682. The monoisotopic (exact) mass is 394 g/mol. The molecule has 0 spiro atoms. The van der Waals surface area contributed by atoms with Crippen LogP contribution in [-0.4, -0.2) is 41.7 Å². The summed E-state index contributed by atoms with van der Waals surface area (Å²) in [5.74, 6) is 0.518. The molecule has 1 fully saturated rings. The summed E-state index contributed by atoms with van der Waals surface area (Å²) in [4.78, 5) is 5.80. The molecule has 0 radical (unpaired) electrons. The standard InChI is InChI=1S/C24H30N2OS/c1-18-16-24(2,3)26(17-19-7-5-4-6-8-19)22-10-9-20(15-21(18)22)23(28)25-11-13-27-14-12-25/h4-10,15,18H,11-14,16-17H2,1-3H3. The van der Waals surface area contributed by atoms with Crippen molar-refractivity contribution in [2.45, 2.75) is 45.2 Å². The normalized spacial score (nSPS) is 21.3. The van der Waals surface area contributed by atoms with Gasteiger partial charge in [-0.2, -0.15) is 0 Å². The van der Waals surface area contributed by atoms with E-state index in [9.17, 15) is 0 Å². The SMILES string of the molecule is CC1CC(C)(C)N(Cc2ccccc2)c2ccc(C(=S)N3CCOCC3)cc21. The molecule has 0 bridgehead atoms. The molecule has 3 nitrogen and oxygen atoms in total. The minimum atomic E-state index is 0.120. The van der Waals surface area contributed by atoms with Gasteiger partial charge in [0.2, 0.25) is 0 Å². The first-order valence-electron chi connectivity index (χ1n) is 10.3. The zero-order valence-corrected chi connectivity index (χ0v) is 18.0. The summed E-state index contributed by atoms with van der Waals surface area (Å²) < 4.78 is 5.48.